The number of hydrogen-bond acceptors (Lipinski definition) is 5. The number of nitrogens with one attached hydrogen (secondary N) is 1. The third-order valence-corrected chi connectivity index (χ3v) is 5.98. The summed E-state index contributed by atoms with van der Waals surface area (Å²) in [6, 6.07) is 5.84. The number of benzene rings is 1. The topological polar surface area (TPSA) is 69.0 Å². The van der Waals surface area contributed by atoms with Crippen LogP contribution >= 0.6 is 23.4 Å². The molecule has 0 bridgehead atoms. The molecule has 1 heterocycles. The Hall–Kier alpha value is -1.73. The van der Waals surface area contributed by atoms with Crippen LogP contribution in [0.4, 0.5) is 0 Å². The van der Waals surface area contributed by atoms with Crippen molar-refractivity contribution in [1.82, 2.24) is 20.1 Å². The molecule has 1 N–H and O–H groups in total. The fourth-order valence-electron chi connectivity index (χ4n) is 3.16. The van der Waals surface area contributed by atoms with E-state index in [-0.39, 0.29) is 5.91 Å². The Kier molecular flexibility index (Phi) is 7.01. The first kappa shape index (κ1) is 20.0. The van der Waals surface area contributed by atoms with E-state index in [2.05, 4.69) is 15.5 Å². The lowest BCUT2D eigenvalue weighted by atomic mass is 9.95. The van der Waals surface area contributed by atoms with Gasteiger partial charge in [-0.15, -0.1) is 10.2 Å². The van der Waals surface area contributed by atoms with Gasteiger partial charge in [-0.2, -0.15) is 0 Å². The van der Waals surface area contributed by atoms with Crippen LogP contribution in [0.15, 0.2) is 23.4 Å². The minimum atomic E-state index is 0.0597. The number of ether oxygens (including phenoxy) is 1. The molecule has 146 valence electrons. The van der Waals surface area contributed by atoms with Crippen molar-refractivity contribution >= 4 is 29.3 Å². The second-order valence-electron chi connectivity index (χ2n) is 6.85. The highest BCUT2D eigenvalue weighted by atomic mass is 35.5. The molecule has 3 rings (SSSR count). The van der Waals surface area contributed by atoms with Crippen LogP contribution in [-0.2, 0) is 18.4 Å². The van der Waals surface area contributed by atoms with E-state index in [0.29, 0.717) is 34.4 Å². The Morgan fingerprint density at radius 2 is 2.11 bits per heavy atom. The van der Waals surface area contributed by atoms with E-state index in [1.165, 1.54) is 31.0 Å². The zero-order valence-corrected chi connectivity index (χ0v) is 17.3. The Bertz CT molecular complexity index is 790. The van der Waals surface area contributed by atoms with E-state index in [1.807, 2.05) is 30.7 Å². The fourth-order valence-corrected chi connectivity index (χ4v) is 4.13. The number of nitrogens with zero attached hydrogens (tertiary/aromatic N) is 3. The van der Waals surface area contributed by atoms with Gasteiger partial charge in [0.15, 0.2) is 11.0 Å². The maximum Gasteiger partial charge on any atom is 0.230 e. The van der Waals surface area contributed by atoms with Crippen molar-refractivity contribution in [2.75, 3.05) is 5.75 Å². The van der Waals surface area contributed by atoms with Gasteiger partial charge in [0.25, 0.3) is 0 Å². The van der Waals surface area contributed by atoms with Gasteiger partial charge in [0.05, 0.1) is 5.75 Å². The monoisotopic (exact) mass is 408 g/mol. The average molecular weight is 409 g/mol. The molecule has 2 aromatic rings. The highest BCUT2D eigenvalue weighted by Crippen LogP contribution is 2.23. The number of carbonyl (C=O) groups excluding carboxylic acids is 1. The average Bonchev–Trinajstić information content (AvgIpc) is 3.00. The van der Waals surface area contributed by atoms with E-state index >= 15 is 0 Å². The summed E-state index contributed by atoms with van der Waals surface area (Å²) < 4.78 is 7.69. The molecule has 0 spiro atoms. The van der Waals surface area contributed by atoms with E-state index in [0.717, 1.165) is 24.2 Å². The van der Waals surface area contributed by atoms with Crippen molar-refractivity contribution in [1.29, 1.82) is 0 Å². The van der Waals surface area contributed by atoms with Gasteiger partial charge in [0.1, 0.15) is 12.4 Å². The van der Waals surface area contributed by atoms with Crippen molar-refractivity contribution in [3.05, 3.63) is 34.6 Å². The van der Waals surface area contributed by atoms with Gasteiger partial charge in [-0.3, -0.25) is 4.79 Å². The number of amides is 1. The zero-order valence-electron chi connectivity index (χ0n) is 15.7. The second-order valence-corrected chi connectivity index (χ2v) is 8.23. The summed E-state index contributed by atoms with van der Waals surface area (Å²) in [6.45, 7) is 2.25. The molecule has 1 saturated carbocycles. The molecule has 1 aliphatic carbocycles. The van der Waals surface area contributed by atoms with E-state index in [1.54, 1.807) is 6.07 Å². The number of carbonyl (C=O) groups is 1. The first-order valence-corrected chi connectivity index (χ1v) is 10.6. The van der Waals surface area contributed by atoms with Gasteiger partial charge >= 0.3 is 0 Å². The fraction of sp³-hybridized carbons (Fsp3) is 0.526. The van der Waals surface area contributed by atoms with Crippen molar-refractivity contribution in [2.24, 2.45) is 7.05 Å². The van der Waals surface area contributed by atoms with Crippen LogP contribution in [0.2, 0.25) is 5.02 Å². The molecule has 1 aromatic heterocycles. The summed E-state index contributed by atoms with van der Waals surface area (Å²) in [6.07, 6.45) is 5.87. The molecule has 8 heteroatoms. The number of thioether (sulfide) groups is 1. The molecule has 0 aliphatic heterocycles. The maximum atomic E-state index is 12.2. The summed E-state index contributed by atoms with van der Waals surface area (Å²) in [5, 5.41) is 12.9. The maximum absolute atomic E-state index is 12.2. The Labute approximate surface area is 169 Å². The van der Waals surface area contributed by atoms with Crippen molar-refractivity contribution < 1.29 is 9.53 Å². The van der Waals surface area contributed by atoms with Gasteiger partial charge in [-0.1, -0.05) is 42.6 Å². The van der Waals surface area contributed by atoms with Crippen LogP contribution < -0.4 is 10.1 Å². The van der Waals surface area contributed by atoms with E-state index in [4.69, 9.17) is 16.3 Å². The van der Waals surface area contributed by atoms with Crippen LogP contribution in [0.25, 0.3) is 0 Å². The van der Waals surface area contributed by atoms with Crippen molar-refractivity contribution in [3.8, 4) is 5.75 Å². The Morgan fingerprint density at radius 1 is 1.33 bits per heavy atom. The quantitative estimate of drug-likeness (QED) is 0.703. The van der Waals surface area contributed by atoms with Crippen LogP contribution in [0.3, 0.4) is 0 Å². The number of hydrogen-bond donors (Lipinski definition) is 1. The number of aryl methyl sites for hydroxylation is 1. The van der Waals surface area contributed by atoms with Gasteiger partial charge in [0, 0.05) is 18.1 Å². The lowest BCUT2D eigenvalue weighted by molar-refractivity contribution is -0.119. The molecule has 1 fully saturated rings. The molecule has 27 heavy (non-hydrogen) atoms. The van der Waals surface area contributed by atoms with Crippen molar-refractivity contribution in [2.45, 2.75) is 56.8 Å². The van der Waals surface area contributed by atoms with Gasteiger partial charge in [-0.05, 0) is 43.5 Å². The molecule has 6 nitrogen and oxygen atoms in total. The Balaban J connectivity index is 1.49. The van der Waals surface area contributed by atoms with Crippen molar-refractivity contribution in [3.63, 3.8) is 0 Å². The van der Waals surface area contributed by atoms with E-state index in [9.17, 15) is 4.79 Å². The molecule has 0 unspecified atom stereocenters. The van der Waals surface area contributed by atoms with Gasteiger partial charge < -0.3 is 14.6 Å². The Morgan fingerprint density at radius 3 is 2.85 bits per heavy atom. The van der Waals surface area contributed by atoms with Crippen LogP contribution in [-0.4, -0.2) is 32.5 Å². The van der Waals surface area contributed by atoms with Crippen LogP contribution in [0, 0.1) is 6.92 Å². The number of rotatable bonds is 7. The molecule has 0 atom stereocenters. The molecule has 1 amide bonds. The molecule has 0 saturated heterocycles. The molecule has 1 aromatic carbocycles. The van der Waals surface area contributed by atoms with Crippen LogP contribution in [0.5, 0.6) is 5.75 Å². The highest BCUT2D eigenvalue weighted by molar-refractivity contribution is 7.99. The summed E-state index contributed by atoms with van der Waals surface area (Å²) in [4.78, 5) is 12.2. The number of halogens is 1. The summed E-state index contributed by atoms with van der Waals surface area (Å²) >= 11 is 7.36. The SMILES string of the molecule is Cc1cc(Cl)ccc1OCc1nnc(SCC(=O)NC2CCCCC2)n1C. The predicted octanol–water partition coefficient (Wildman–Crippen LogP) is 3.90. The third-order valence-electron chi connectivity index (χ3n) is 4.72. The summed E-state index contributed by atoms with van der Waals surface area (Å²) in [5.74, 6) is 1.88. The molecule has 1 aliphatic rings. The molecule has 0 radical (unpaired) electrons. The minimum absolute atomic E-state index is 0.0597. The predicted molar refractivity (Wildman–Crippen MR) is 107 cm³/mol. The van der Waals surface area contributed by atoms with Gasteiger partial charge in [0.2, 0.25) is 5.91 Å². The highest BCUT2D eigenvalue weighted by Gasteiger charge is 2.17. The third kappa shape index (κ3) is 5.62. The first-order chi connectivity index (χ1) is 13.0. The summed E-state index contributed by atoms with van der Waals surface area (Å²) in [7, 11) is 1.88. The molecular formula is C19H25ClN4O2S. The normalized spacial score (nSPS) is 14.9. The number of aromatic nitrogens is 3. The largest absolute Gasteiger partial charge is 0.485 e. The van der Waals surface area contributed by atoms with E-state index < -0.39 is 0 Å². The lowest BCUT2D eigenvalue weighted by Crippen LogP contribution is -2.37. The standard InChI is InChI=1S/C19H25ClN4O2S/c1-13-10-14(20)8-9-16(13)26-11-17-22-23-19(24(17)2)27-12-18(25)21-15-6-4-3-5-7-15/h8-10,15H,3-7,11-12H2,1-2H3,(H,21,25). The van der Waals surface area contributed by atoms with Gasteiger partial charge in [-0.25, -0.2) is 0 Å². The minimum Gasteiger partial charge on any atom is -0.485 e. The smallest absolute Gasteiger partial charge is 0.230 e. The second kappa shape index (κ2) is 9.46. The van der Waals surface area contributed by atoms with Crippen LogP contribution in [0.1, 0.15) is 43.5 Å². The first-order valence-electron chi connectivity index (χ1n) is 9.22. The zero-order chi connectivity index (χ0) is 19.2. The lowest BCUT2D eigenvalue weighted by Gasteiger charge is -2.22. The summed E-state index contributed by atoms with van der Waals surface area (Å²) in [5.41, 5.74) is 0.971. The molecular weight excluding hydrogens is 384 g/mol.